The van der Waals surface area contributed by atoms with E-state index >= 15 is 0 Å². The van der Waals surface area contributed by atoms with E-state index in [-0.39, 0.29) is 24.0 Å². The van der Waals surface area contributed by atoms with Crippen molar-refractivity contribution in [2.24, 2.45) is 5.92 Å². The molecule has 166 valence electrons. The first-order chi connectivity index (χ1) is 15.0. The van der Waals surface area contributed by atoms with Gasteiger partial charge in [-0.15, -0.1) is 0 Å². The van der Waals surface area contributed by atoms with Crippen molar-refractivity contribution in [3.8, 4) is 0 Å². The van der Waals surface area contributed by atoms with Crippen LogP contribution in [0.25, 0.3) is 0 Å². The number of amides is 1. The molecule has 31 heavy (non-hydrogen) atoms. The van der Waals surface area contributed by atoms with Crippen LogP contribution in [-0.2, 0) is 14.3 Å². The molecule has 1 amide bonds. The number of ether oxygens (including phenoxy) is 1. The third-order valence-electron chi connectivity index (χ3n) is 6.04. The number of piperidine rings is 1. The van der Waals surface area contributed by atoms with Gasteiger partial charge < -0.3 is 9.64 Å². The molecule has 0 spiro atoms. The molecule has 1 heterocycles. The van der Waals surface area contributed by atoms with Crippen LogP contribution in [0.4, 0.5) is 5.69 Å². The van der Waals surface area contributed by atoms with Gasteiger partial charge in [-0.25, -0.2) is 0 Å². The van der Waals surface area contributed by atoms with Gasteiger partial charge in [0.15, 0.2) is 0 Å². The maximum atomic E-state index is 12.8. The Kier molecular flexibility index (Phi) is 8.24. The van der Waals surface area contributed by atoms with E-state index in [0.717, 1.165) is 30.8 Å². The average molecular weight is 423 g/mol. The number of hydrogen-bond donors (Lipinski definition) is 0. The quantitative estimate of drug-likeness (QED) is 0.572. The van der Waals surface area contributed by atoms with Gasteiger partial charge in [-0.1, -0.05) is 69.3 Å². The number of para-hydroxylation sites is 1. The monoisotopic (exact) mass is 422 g/mol. The molecule has 3 atom stereocenters. The van der Waals surface area contributed by atoms with E-state index in [2.05, 4.69) is 11.8 Å². The zero-order valence-electron chi connectivity index (χ0n) is 18.9. The number of hydrogen-bond acceptors (Lipinski definition) is 4. The molecule has 0 aliphatic carbocycles. The Morgan fingerprint density at radius 1 is 1.03 bits per heavy atom. The maximum absolute atomic E-state index is 12.8. The molecule has 5 nitrogen and oxygen atoms in total. The van der Waals surface area contributed by atoms with E-state index in [1.165, 1.54) is 0 Å². The van der Waals surface area contributed by atoms with Crippen molar-refractivity contribution in [1.82, 2.24) is 4.90 Å². The Morgan fingerprint density at radius 2 is 1.68 bits per heavy atom. The number of rotatable bonds is 8. The smallest absolute Gasteiger partial charge is 0.306 e. The fourth-order valence-corrected chi connectivity index (χ4v) is 4.40. The number of likely N-dealkylation sites (tertiary alicyclic amines) is 1. The van der Waals surface area contributed by atoms with Gasteiger partial charge in [-0.3, -0.25) is 14.5 Å². The number of carbonyl (C=O) groups is 2. The molecule has 1 aliphatic rings. The normalized spacial score (nSPS) is 20.1. The third kappa shape index (κ3) is 5.95. The zero-order chi connectivity index (χ0) is 22.2. The Labute approximate surface area is 186 Å². The molecule has 1 aliphatic heterocycles. The lowest BCUT2D eigenvalue weighted by Crippen LogP contribution is -2.53. The van der Waals surface area contributed by atoms with Gasteiger partial charge in [0.2, 0.25) is 5.91 Å². The number of anilines is 1. The summed E-state index contributed by atoms with van der Waals surface area (Å²) in [7, 11) is 0. The Morgan fingerprint density at radius 3 is 2.26 bits per heavy atom. The Bertz CT molecular complexity index is 840. The van der Waals surface area contributed by atoms with Crippen LogP contribution in [0.3, 0.4) is 0 Å². The minimum Gasteiger partial charge on any atom is -0.456 e. The largest absolute Gasteiger partial charge is 0.456 e. The Balaban J connectivity index is 1.71. The van der Waals surface area contributed by atoms with Crippen molar-refractivity contribution >= 4 is 17.6 Å². The lowest BCUT2D eigenvalue weighted by atomic mass is 9.91. The fraction of sp³-hybridized carbons (Fsp3) is 0.462. The van der Waals surface area contributed by atoms with E-state index in [1.807, 2.05) is 79.4 Å². The molecule has 0 N–H and O–H groups in total. The summed E-state index contributed by atoms with van der Waals surface area (Å²) in [5.41, 5.74) is 1.99. The van der Waals surface area contributed by atoms with Crippen molar-refractivity contribution < 1.29 is 14.3 Å². The van der Waals surface area contributed by atoms with Crippen LogP contribution in [-0.4, -0.2) is 42.5 Å². The standard InChI is InChI=1S/C26H34N2O3/c1-4-25(29)28(22-14-10-7-11-15-22)23-16-17-27(18-20(23)3)19-24(31-26(30)5-2)21-12-8-6-9-13-21/h6-15,20,23-24H,4-5,16-19H2,1-3H3/t20-,23+,24+/m1/s1. The van der Waals surface area contributed by atoms with Crippen LogP contribution in [0, 0.1) is 5.92 Å². The second-order valence-corrected chi connectivity index (χ2v) is 8.29. The lowest BCUT2D eigenvalue weighted by Gasteiger charge is -2.43. The summed E-state index contributed by atoms with van der Waals surface area (Å²) in [5, 5.41) is 0. The minimum absolute atomic E-state index is 0.163. The number of esters is 1. The van der Waals surface area contributed by atoms with Crippen molar-refractivity contribution in [3.63, 3.8) is 0 Å². The van der Waals surface area contributed by atoms with E-state index in [4.69, 9.17) is 4.74 Å². The summed E-state index contributed by atoms with van der Waals surface area (Å²) in [6, 6.07) is 20.1. The summed E-state index contributed by atoms with van der Waals surface area (Å²) < 4.78 is 5.78. The second-order valence-electron chi connectivity index (χ2n) is 8.29. The molecule has 5 heteroatoms. The van der Waals surface area contributed by atoms with Gasteiger partial charge in [-0.2, -0.15) is 0 Å². The highest BCUT2D eigenvalue weighted by Gasteiger charge is 2.34. The molecular formula is C26H34N2O3. The van der Waals surface area contributed by atoms with Gasteiger partial charge in [0.1, 0.15) is 6.10 Å². The molecular weight excluding hydrogens is 388 g/mol. The lowest BCUT2D eigenvalue weighted by molar-refractivity contribution is -0.150. The number of nitrogens with zero attached hydrogens (tertiary/aromatic N) is 2. The molecule has 0 radical (unpaired) electrons. The minimum atomic E-state index is -0.278. The van der Waals surface area contributed by atoms with Crippen molar-refractivity contribution in [3.05, 3.63) is 66.2 Å². The van der Waals surface area contributed by atoms with Crippen LogP contribution in [0.1, 0.15) is 51.7 Å². The molecule has 0 aromatic heterocycles. The van der Waals surface area contributed by atoms with Crippen LogP contribution in [0.2, 0.25) is 0 Å². The molecule has 2 aromatic rings. The fourth-order valence-electron chi connectivity index (χ4n) is 4.40. The van der Waals surface area contributed by atoms with Crippen LogP contribution in [0.15, 0.2) is 60.7 Å². The molecule has 2 aromatic carbocycles. The zero-order valence-corrected chi connectivity index (χ0v) is 18.9. The highest BCUT2D eigenvalue weighted by molar-refractivity contribution is 5.93. The van der Waals surface area contributed by atoms with E-state index in [9.17, 15) is 9.59 Å². The van der Waals surface area contributed by atoms with E-state index < -0.39 is 0 Å². The predicted molar refractivity (Wildman–Crippen MR) is 124 cm³/mol. The van der Waals surface area contributed by atoms with Crippen molar-refractivity contribution in [1.29, 1.82) is 0 Å². The molecule has 0 unspecified atom stereocenters. The first-order valence-corrected chi connectivity index (χ1v) is 11.4. The second kappa shape index (κ2) is 11.1. The topological polar surface area (TPSA) is 49.9 Å². The summed E-state index contributed by atoms with van der Waals surface area (Å²) in [6.07, 6.45) is 1.47. The van der Waals surface area contributed by atoms with Crippen LogP contribution < -0.4 is 4.90 Å². The molecule has 1 fully saturated rings. The summed E-state index contributed by atoms with van der Waals surface area (Å²) in [5.74, 6) is 0.291. The first-order valence-electron chi connectivity index (χ1n) is 11.4. The van der Waals surface area contributed by atoms with Crippen LogP contribution >= 0.6 is 0 Å². The molecule has 3 rings (SSSR count). The van der Waals surface area contributed by atoms with Crippen molar-refractivity contribution in [2.75, 3.05) is 24.5 Å². The molecule has 0 bridgehead atoms. The predicted octanol–water partition coefficient (Wildman–Crippen LogP) is 4.83. The highest BCUT2D eigenvalue weighted by Crippen LogP contribution is 2.29. The third-order valence-corrected chi connectivity index (χ3v) is 6.04. The van der Waals surface area contributed by atoms with Gasteiger partial charge in [0.25, 0.3) is 0 Å². The van der Waals surface area contributed by atoms with Crippen LogP contribution in [0.5, 0.6) is 0 Å². The molecule has 1 saturated heterocycles. The van der Waals surface area contributed by atoms with Gasteiger partial charge in [-0.05, 0) is 30.0 Å². The highest BCUT2D eigenvalue weighted by atomic mass is 16.5. The van der Waals surface area contributed by atoms with Gasteiger partial charge in [0, 0.05) is 44.2 Å². The number of benzene rings is 2. The van der Waals surface area contributed by atoms with E-state index in [0.29, 0.717) is 25.3 Å². The summed E-state index contributed by atoms with van der Waals surface area (Å²) in [4.78, 5) is 29.2. The SMILES string of the molecule is CCC(=O)O[C@@H](CN1CC[C@H](N(C(=O)CC)c2ccccc2)[C@H](C)C1)c1ccccc1. The van der Waals surface area contributed by atoms with E-state index in [1.54, 1.807) is 0 Å². The first kappa shape index (κ1) is 23.0. The summed E-state index contributed by atoms with van der Waals surface area (Å²) >= 11 is 0. The molecule has 0 saturated carbocycles. The van der Waals surface area contributed by atoms with Gasteiger partial charge in [0.05, 0.1) is 0 Å². The average Bonchev–Trinajstić information content (AvgIpc) is 2.81. The Hall–Kier alpha value is -2.66. The maximum Gasteiger partial charge on any atom is 0.306 e. The number of carbonyl (C=O) groups excluding carboxylic acids is 2. The van der Waals surface area contributed by atoms with Gasteiger partial charge >= 0.3 is 5.97 Å². The summed E-state index contributed by atoms with van der Waals surface area (Å²) in [6.45, 7) is 8.34. The van der Waals surface area contributed by atoms with Crippen molar-refractivity contribution in [2.45, 2.75) is 52.2 Å².